The van der Waals surface area contributed by atoms with Gasteiger partial charge in [0.1, 0.15) is 0 Å². The zero-order chi connectivity index (χ0) is 15.4. The van der Waals surface area contributed by atoms with Crippen molar-refractivity contribution >= 4 is 5.91 Å². The maximum Gasteiger partial charge on any atom is 0.237 e. The molecule has 0 radical (unpaired) electrons. The second kappa shape index (κ2) is 6.91. The maximum absolute atomic E-state index is 12.6. The summed E-state index contributed by atoms with van der Waals surface area (Å²) in [6, 6.07) is 10.0. The summed E-state index contributed by atoms with van der Waals surface area (Å²) < 4.78 is 5.33. The topological polar surface area (TPSA) is 56.6 Å². The fraction of sp³-hybridized carbons (Fsp3) is 0.529. The molecule has 1 saturated heterocycles. The van der Waals surface area contributed by atoms with Crippen molar-refractivity contribution in [3.63, 3.8) is 0 Å². The number of hydrogen-bond donors (Lipinski definition) is 0. The minimum Gasteiger partial charge on any atom is -0.379 e. The van der Waals surface area contributed by atoms with E-state index in [0.29, 0.717) is 37.9 Å². The molecule has 116 valence electrons. The van der Waals surface area contributed by atoms with Gasteiger partial charge in [-0.1, -0.05) is 12.1 Å². The van der Waals surface area contributed by atoms with Crippen LogP contribution in [-0.2, 0) is 16.1 Å². The van der Waals surface area contributed by atoms with E-state index >= 15 is 0 Å². The van der Waals surface area contributed by atoms with Crippen LogP contribution in [0.2, 0.25) is 0 Å². The minimum atomic E-state index is 0.203. The number of rotatable bonds is 5. The lowest BCUT2D eigenvalue weighted by Crippen LogP contribution is -2.45. The molecule has 2 fully saturated rings. The van der Waals surface area contributed by atoms with Crippen molar-refractivity contribution < 1.29 is 9.53 Å². The fourth-order valence-corrected chi connectivity index (χ4v) is 2.73. The zero-order valence-corrected chi connectivity index (χ0v) is 12.7. The van der Waals surface area contributed by atoms with Gasteiger partial charge in [-0.15, -0.1) is 0 Å². The molecular weight excluding hydrogens is 278 g/mol. The van der Waals surface area contributed by atoms with Gasteiger partial charge in [0.2, 0.25) is 5.91 Å². The average Bonchev–Trinajstić information content (AvgIpc) is 3.39. The lowest BCUT2D eigenvalue weighted by Gasteiger charge is -2.29. The third kappa shape index (κ3) is 3.85. The van der Waals surface area contributed by atoms with Crippen molar-refractivity contribution in [2.75, 3.05) is 32.8 Å². The molecule has 0 aromatic heterocycles. The molecule has 22 heavy (non-hydrogen) atoms. The number of amides is 1. The smallest absolute Gasteiger partial charge is 0.237 e. The first-order valence-corrected chi connectivity index (χ1v) is 7.85. The molecule has 0 atom stereocenters. The molecule has 1 heterocycles. The number of morpholine rings is 1. The van der Waals surface area contributed by atoms with E-state index < -0.39 is 0 Å². The zero-order valence-electron chi connectivity index (χ0n) is 12.7. The summed E-state index contributed by atoms with van der Waals surface area (Å²) in [6.45, 7) is 4.22. The van der Waals surface area contributed by atoms with Crippen LogP contribution in [0.1, 0.15) is 24.0 Å². The third-order valence-electron chi connectivity index (χ3n) is 4.21. The highest BCUT2D eigenvalue weighted by molar-refractivity contribution is 5.79. The second-order valence-corrected chi connectivity index (χ2v) is 5.95. The van der Waals surface area contributed by atoms with E-state index in [0.717, 1.165) is 31.5 Å². The van der Waals surface area contributed by atoms with Crippen LogP contribution in [0, 0.1) is 11.3 Å². The molecule has 1 aliphatic heterocycles. The summed E-state index contributed by atoms with van der Waals surface area (Å²) in [6.07, 6.45) is 2.20. The van der Waals surface area contributed by atoms with E-state index in [1.165, 1.54) is 0 Å². The molecule has 0 bridgehead atoms. The Morgan fingerprint density at radius 1 is 1.27 bits per heavy atom. The highest BCUT2D eigenvalue weighted by Crippen LogP contribution is 2.28. The van der Waals surface area contributed by atoms with Crippen LogP contribution in [0.4, 0.5) is 0 Å². The number of ether oxygens (including phenoxy) is 1. The Morgan fingerprint density at radius 2 is 1.95 bits per heavy atom. The molecule has 3 rings (SSSR count). The van der Waals surface area contributed by atoms with Gasteiger partial charge in [0.15, 0.2) is 0 Å². The van der Waals surface area contributed by atoms with Crippen molar-refractivity contribution in [1.82, 2.24) is 9.80 Å². The largest absolute Gasteiger partial charge is 0.379 e. The minimum absolute atomic E-state index is 0.203. The first-order valence-electron chi connectivity index (χ1n) is 7.85. The summed E-state index contributed by atoms with van der Waals surface area (Å²) in [7, 11) is 0. The molecule has 1 saturated carbocycles. The molecule has 2 aliphatic rings. The van der Waals surface area contributed by atoms with Crippen molar-refractivity contribution in [2.24, 2.45) is 0 Å². The Morgan fingerprint density at radius 3 is 2.55 bits per heavy atom. The molecule has 0 unspecified atom stereocenters. The highest BCUT2D eigenvalue weighted by atomic mass is 16.5. The van der Waals surface area contributed by atoms with Gasteiger partial charge in [0.05, 0.1) is 31.4 Å². The fourth-order valence-electron chi connectivity index (χ4n) is 2.73. The SMILES string of the molecule is N#Cc1ccc(CN(C(=O)CN2CCOCC2)C2CC2)cc1. The average molecular weight is 299 g/mol. The standard InChI is InChI=1S/C17H21N3O2/c18-11-14-1-3-15(4-2-14)12-20(16-5-6-16)17(21)13-19-7-9-22-10-8-19/h1-4,16H,5-10,12-13H2. The van der Waals surface area contributed by atoms with E-state index in [1.807, 2.05) is 29.2 Å². The van der Waals surface area contributed by atoms with Crippen LogP contribution in [0.3, 0.4) is 0 Å². The predicted molar refractivity (Wildman–Crippen MR) is 82.0 cm³/mol. The van der Waals surface area contributed by atoms with Crippen LogP contribution in [0.15, 0.2) is 24.3 Å². The van der Waals surface area contributed by atoms with Gasteiger partial charge < -0.3 is 9.64 Å². The maximum atomic E-state index is 12.6. The van der Waals surface area contributed by atoms with Crippen molar-refractivity contribution in [3.05, 3.63) is 35.4 Å². The molecule has 1 aromatic carbocycles. The Labute approximate surface area is 131 Å². The molecule has 0 spiro atoms. The van der Waals surface area contributed by atoms with Crippen LogP contribution in [0.5, 0.6) is 0 Å². The number of nitriles is 1. The summed E-state index contributed by atoms with van der Waals surface area (Å²) in [5, 5.41) is 8.85. The first-order chi connectivity index (χ1) is 10.8. The van der Waals surface area contributed by atoms with E-state index in [9.17, 15) is 4.79 Å². The Kier molecular flexibility index (Phi) is 4.71. The van der Waals surface area contributed by atoms with Crippen LogP contribution in [-0.4, -0.2) is 54.6 Å². The molecule has 5 heteroatoms. The van der Waals surface area contributed by atoms with Crippen molar-refractivity contribution in [3.8, 4) is 6.07 Å². The number of benzene rings is 1. The summed E-state index contributed by atoms with van der Waals surface area (Å²) in [5.74, 6) is 0.203. The molecular formula is C17H21N3O2. The van der Waals surface area contributed by atoms with Crippen molar-refractivity contribution in [2.45, 2.75) is 25.4 Å². The van der Waals surface area contributed by atoms with Gasteiger partial charge in [-0.05, 0) is 30.5 Å². The first kappa shape index (κ1) is 15.0. The normalized spacial score (nSPS) is 18.7. The van der Waals surface area contributed by atoms with Crippen molar-refractivity contribution in [1.29, 1.82) is 5.26 Å². The molecule has 0 N–H and O–H groups in total. The van der Waals surface area contributed by atoms with Crippen LogP contribution >= 0.6 is 0 Å². The highest BCUT2D eigenvalue weighted by Gasteiger charge is 2.33. The summed E-state index contributed by atoms with van der Waals surface area (Å²) >= 11 is 0. The molecule has 1 aliphatic carbocycles. The second-order valence-electron chi connectivity index (χ2n) is 5.95. The van der Waals surface area contributed by atoms with E-state index in [4.69, 9.17) is 10.00 Å². The lowest BCUT2D eigenvalue weighted by molar-refractivity contribution is -0.134. The predicted octanol–water partition coefficient (Wildman–Crippen LogP) is 1.38. The van der Waals surface area contributed by atoms with Gasteiger partial charge in [0, 0.05) is 25.7 Å². The molecule has 1 amide bonds. The quantitative estimate of drug-likeness (QED) is 0.824. The Bertz CT molecular complexity index is 554. The van der Waals surface area contributed by atoms with Gasteiger partial charge in [-0.3, -0.25) is 9.69 Å². The van der Waals surface area contributed by atoms with Gasteiger partial charge in [-0.2, -0.15) is 5.26 Å². The summed E-state index contributed by atoms with van der Waals surface area (Å²) in [5.41, 5.74) is 1.74. The van der Waals surface area contributed by atoms with Gasteiger partial charge in [0.25, 0.3) is 0 Å². The molecule has 1 aromatic rings. The Hall–Kier alpha value is -1.90. The lowest BCUT2D eigenvalue weighted by atomic mass is 10.1. The monoisotopic (exact) mass is 299 g/mol. The van der Waals surface area contributed by atoms with E-state index in [2.05, 4.69) is 11.0 Å². The van der Waals surface area contributed by atoms with Crippen LogP contribution < -0.4 is 0 Å². The Balaban J connectivity index is 1.61. The number of carbonyl (C=O) groups is 1. The third-order valence-corrected chi connectivity index (χ3v) is 4.21. The number of hydrogen-bond acceptors (Lipinski definition) is 4. The summed E-state index contributed by atoms with van der Waals surface area (Å²) in [4.78, 5) is 16.8. The van der Waals surface area contributed by atoms with E-state index in [1.54, 1.807) is 0 Å². The van der Waals surface area contributed by atoms with Gasteiger partial charge in [-0.25, -0.2) is 0 Å². The van der Waals surface area contributed by atoms with Gasteiger partial charge >= 0.3 is 0 Å². The van der Waals surface area contributed by atoms with Crippen LogP contribution in [0.25, 0.3) is 0 Å². The molecule has 5 nitrogen and oxygen atoms in total. The number of nitrogens with zero attached hydrogens (tertiary/aromatic N) is 3. The number of carbonyl (C=O) groups excluding carboxylic acids is 1. The van der Waals surface area contributed by atoms with E-state index in [-0.39, 0.29) is 5.91 Å².